The van der Waals surface area contributed by atoms with Crippen LogP contribution in [0.25, 0.3) is 0 Å². The van der Waals surface area contributed by atoms with Gasteiger partial charge >= 0.3 is 0 Å². The van der Waals surface area contributed by atoms with E-state index in [9.17, 15) is 0 Å². The predicted octanol–water partition coefficient (Wildman–Crippen LogP) is 2.37. The van der Waals surface area contributed by atoms with Crippen molar-refractivity contribution >= 4 is 23.5 Å². The summed E-state index contributed by atoms with van der Waals surface area (Å²) in [5.41, 5.74) is 6.92. The zero-order chi connectivity index (χ0) is 16.3. The first-order valence-corrected chi connectivity index (χ1v) is 7.38. The van der Waals surface area contributed by atoms with E-state index in [1.165, 1.54) is 0 Å². The van der Waals surface area contributed by atoms with Crippen LogP contribution in [0.4, 0.5) is 11.9 Å². The van der Waals surface area contributed by atoms with E-state index < -0.39 is 0 Å². The summed E-state index contributed by atoms with van der Waals surface area (Å²) in [7, 11) is 5.76. The van der Waals surface area contributed by atoms with Gasteiger partial charge in [0.2, 0.25) is 11.9 Å². The van der Waals surface area contributed by atoms with Crippen molar-refractivity contribution in [2.45, 2.75) is 19.5 Å². The number of nitrogen functional groups attached to an aromatic ring is 1. The third-order valence-corrected chi connectivity index (χ3v) is 3.65. The molecule has 0 radical (unpaired) electrons. The van der Waals surface area contributed by atoms with E-state index in [1.54, 1.807) is 0 Å². The minimum absolute atomic E-state index is 0.00276. The van der Waals surface area contributed by atoms with E-state index in [-0.39, 0.29) is 12.0 Å². The maximum Gasteiger partial charge on any atom is 0.229 e. The highest BCUT2D eigenvalue weighted by Crippen LogP contribution is 2.20. The van der Waals surface area contributed by atoms with Crippen LogP contribution in [0.3, 0.4) is 0 Å². The average molecular weight is 321 g/mol. The monoisotopic (exact) mass is 320 g/mol. The van der Waals surface area contributed by atoms with Crippen LogP contribution in [0.1, 0.15) is 24.4 Å². The topological polar surface area (TPSA) is 71.2 Å². The third-order valence-electron chi connectivity index (χ3n) is 3.41. The first-order chi connectivity index (χ1) is 10.4. The molecule has 1 aromatic heterocycles. The second-order valence-electron chi connectivity index (χ2n) is 5.47. The van der Waals surface area contributed by atoms with Crippen molar-refractivity contribution in [2.75, 3.05) is 31.8 Å². The number of rotatable bonds is 5. The summed E-state index contributed by atoms with van der Waals surface area (Å²) in [6, 6.07) is 7.81. The Morgan fingerprint density at radius 2 is 1.91 bits per heavy atom. The molecule has 118 valence electrons. The molecule has 0 aliphatic rings. The fourth-order valence-electron chi connectivity index (χ4n) is 2.04. The van der Waals surface area contributed by atoms with Gasteiger partial charge in [-0.2, -0.15) is 15.0 Å². The summed E-state index contributed by atoms with van der Waals surface area (Å²) < 4.78 is 0. The largest absolute Gasteiger partial charge is 0.368 e. The lowest BCUT2D eigenvalue weighted by Gasteiger charge is -2.24. The van der Waals surface area contributed by atoms with Crippen LogP contribution in [-0.4, -0.2) is 41.0 Å². The maximum atomic E-state index is 6.03. The Morgan fingerprint density at radius 3 is 2.55 bits per heavy atom. The number of benzene rings is 1. The van der Waals surface area contributed by atoms with E-state index in [2.05, 4.69) is 19.9 Å². The molecule has 6 nitrogen and oxygen atoms in total. The maximum absolute atomic E-state index is 6.03. The number of hydrogen-bond donors (Lipinski definition) is 1. The lowest BCUT2D eigenvalue weighted by atomic mass is 10.2. The molecule has 0 aliphatic carbocycles. The summed E-state index contributed by atoms with van der Waals surface area (Å²) in [5, 5.41) is 0.734. The Balaban J connectivity index is 2.18. The van der Waals surface area contributed by atoms with Gasteiger partial charge in [0.15, 0.2) is 5.82 Å². The number of nitrogens with two attached hydrogens (primary N) is 1. The molecule has 22 heavy (non-hydrogen) atoms. The first kappa shape index (κ1) is 16.5. The molecule has 1 heterocycles. The Kier molecular flexibility index (Phi) is 5.15. The Bertz CT molecular complexity index is 646. The van der Waals surface area contributed by atoms with Crippen molar-refractivity contribution in [3.05, 3.63) is 40.7 Å². The van der Waals surface area contributed by atoms with E-state index >= 15 is 0 Å². The molecular formula is C15H21ClN6. The molecule has 1 aromatic carbocycles. The number of nitrogens with zero attached hydrogens (tertiary/aromatic N) is 5. The summed E-state index contributed by atoms with van der Waals surface area (Å²) in [6.45, 7) is 2.78. The molecule has 7 heteroatoms. The summed E-state index contributed by atoms with van der Waals surface area (Å²) in [5.74, 6) is 1.45. The highest BCUT2D eigenvalue weighted by atomic mass is 35.5. The zero-order valence-corrected chi connectivity index (χ0v) is 14.0. The van der Waals surface area contributed by atoms with E-state index in [4.69, 9.17) is 17.3 Å². The Hall–Kier alpha value is -1.92. The lowest BCUT2D eigenvalue weighted by molar-refractivity contribution is 0.243. The molecule has 0 bridgehead atoms. The first-order valence-electron chi connectivity index (χ1n) is 7.00. The van der Waals surface area contributed by atoms with Crippen LogP contribution < -0.4 is 10.6 Å². The van der Waals surface area contributed by atoms with E-state index in [0.29, 0.717) is 11.8 Å². The second-order valence-corrected chi connectivity index (χ2v) is 5.90. The third kappa shape index (κ3) is 4.05. The summed E-state index contributed by atoms with van der Waals surface area (Å²) in [4.78, 5) is 16.8. The standard InChI is InChI=1S/C15H21ClN6/c1-10(13-18-14(17)20-15(19-13)21(2)3)22(4)9-11-6-5-7-12(16)8-11/h5-8,10H,9H2,1-4H3,(H2,17,18,19,20)/t10-/m1/s1. The van der Waals surface area contributed by atoms with Crippen LogP contribution in [0, 0.1) is 0 Å². The van der Waals surface area contributed by atoms with Gasteiger partial charge in [0.25, 0.3) is 0 Å². The quantitative estimate of drug-likeness (QED) is 0.912. The van der Waals surface area contributed by atoms with Crippen LogP contribution >= 0.6 is 11.6 Å². The average Bonchev–Trinajstić information content (AvgIpc) is 2.45. The van der Waals surface area contributed by atoms with Crippen LogP contribution in [0.15, 0.2) is 24.3 Å². The molecule has 2 aromatic rings. The predicted molar refractivity (Wildman–Crippen MR) is 89.9 cm³/mol. The van der Waals surface area contributed by atoms with Crippen LogP contribution in [-0.2, 0) is 6.54 Å². The zero-order valence-electron chi connectivity index (χ0n) is 13.3. The van der Waals surface area contributed by atoms with Crippen LogP contribution in [0.2, 0.25) is 5.02 Å². The van der Waals surface area contributed by atoms with Crippen molar-refractivity contribution < 1.29 is 0 Å². The van der Waals surface area contributed by atoms with Crippen LogP contribution in [0.5, 0.6) is 0 Å². The van der Waals surface area contributed by atoms with E-state index in [1.807, 2.05) is 57.2 Å². The molecule has 0 saturated heterocycles. The van der Waals surface area contributed by atoms with Crippen molar-refractivity contribution in [1.29, 1.82) is 0 Å². The molecule has 1 atom stereocenters. The minimum atomic E-state index is 0.00276. The molecular weight excluding hydrogens is 300 g/mol. The van der Waals surface area contributed by atoms with Crippen molar-refractivity contribution in [3.63, 3.8) is 0 Å². The van der Waals surface area contributed by atoms with Gasteiger partial charge in [-0.25, -0.2) is 0 Å². The van der Waals surface area contributed by atoms with Gasteiger partial charge in [-0.15, -0.1) is 0 Å². The lowest BCUT2D eigenvalue weighted by Crippen LogP contribution is -2.25. The molecule has 2 rings (SSSR count). The molecule has 0 aliphatic heterocycles. The minimum Gasteiger partial charge on any atom is -0.368 e. The van der Waals surface area contributed by atoms with Gasteiger partial charge in [0.1, 0.15) is 0 Å². The van der Waals surface area contributed by atoms with Gasteiger partial charge in [0, 0.05) is 25.7 Å². The highest BCUT2D eigenvalue weighted by molar-refractivity contribution is 6.30. The number of anilines is 2. The van der Waals surface area contributed by atoms with Gasteiger partial charge < -0.3 is 10.6 Å². The Labute approximate surface area is 135 Å². The van der Waals surface area contributed by atoms with Gasteiger partial charge in [-0.3, -0.25) is 4.90 Å². The fourth-order valence-corrected chi connectivity index (χ4v) is 2.25. The number of aromatic nitrogens is 3. The van der Waals surface area contributed by atoms with Crippen molar-refractivity contribution in [3.8, 4) is 0 Å². The Morgan fingerprint density at radius 1 is 1.18 bits per heavy atom. The number of halogens is 1. The summed E-state index contributed by atoms with van der Waals surface area (Å²) in [6.07, 6.45) is 0. The normalized spacial score (nSPS) is 12.5. The fraction of sp³-hybridized carbons (Fsp3) is 0.400. The molecule has 0 saturated carbocycles. The second kappa shape index (κ2) is 6.89. The number of hydrogen-bond acceptors (Lipinski definition) is 6. The van der Waals surface area contributed by atoms with Gasteiger partial charge in [-0.05, 0) is 31.7 Å². The smallest absolute Gasteiger partial charge is 0.229 e. The SMILES string of the molecule is C[C@H](c1nc(N)nc(N(C)C)n1)N(C)Cc1cccc(Cl)c1. The molecule has 2 N–H and O–H groups in total. The molecule has 0 amide bonds. The molecule has 0 unspecified atom stereocenters. The van der Waals surface area contributed by atoms with Gasteiger partial charge in [-0.1, -0.05) is 23.7 Å². The molecule has 0 fully saturated rings. The highest BCUT2D eigenvalue weighted by Gasteiger charge is 2.17. The summed E-state index contributed by atoms with van der Waals surface area (Å²) >= 11 is 6.03. The van der Waals surface area contributed by atoms with Gasteiger partial charge in [0.05, 0.1) is 6.04 Å². The van der Waals surface area contributed by atoms with Crippen molar-refractivity contribution in [1.82, 2.24) is 19.9 Å². The van der Waals surface area contributed by atoms with Crippen molar-refractivity contribution in [2.24, 2.45) is 0 Å². The van der Waals surface area contributed by atoms with E-state index in [0.717, 1.165) is 17.1 Å². The molecule has 0 spiro atoms.